The number of benzene rings is 1. The zero-order chi connectivity index (χ0) is 16.3. The van der Waals surface area contributed by atoms with E-state index in [1.54, 1.807) is 0 Å². The molecule has 3 rings (SSSR count). The van der Waals surface area contributed by atoms with Gasteiger partial charge in [0.2, 0.25) is 0 Å². The first-order chi connectivity index (χ1) is 10.1. The van der Waals surface area contributed by atoms with Crippen molar-refractivity contribution in [2.75, 3.05) is 0 Å². The van der Waals surface area contributed by atoms with Crippen molar-refractivity contribution in [3.05, 3.63) is 23.9 Å². The molecular weight excluding hydrogens is 275 g/mol. The van der Waals surface area contributed by atoms with Crippen molar-refractivity contribution in [2.45, 2.75) is 58.7 Å². The van der Waals surface area contributed by atoms with Gasteiger partial charge in [0.25, 0.3) is 0 Å². The maximum atomic E-state index is 6.16. The van der Waals surface area contributed by atoms with Crippen molar-refractivity contribution in [2.24, 2.45) is 7.05 Å². The summed E-state index contributed by atoms with van der Waals surface area (Å²) in [5, 5.41) is 5.78. The second-order valence-corrected chi connectivity index (χ2v) is 7.53. The van der Waals surface area contributed by atoms with E-state index in [4.69, 9.17) is 9.31 Å². The lowest BCUT2D eigenvalue weighted by Gasteiger charge is -2.32. The van der Waals surface area contributed by atoms with Gasteiger partial charge in [0.15, 0.2) is 0 Å². The third-order valence-corrected chi connectivity index (χ3v) is 4.98. The first-order valence-electron chi connectivity index (χ1n) is 7.94. The zero-order valence-corrected chi connectivity index (χ0v) is 14.6. The Hall–Kier alpha value is -1.33. The van der Waals surface area contributed by atoms with Crippen molar-refractivity contribution in [1.29, 1.82) is 0 Å². The molecule has 1 aliphatic heterocycles. The third kappa shape index (κ3) is 2.27. The van der Waals surface area contributed by atoms with Gasteiger partial charge in [0, 0.05) is 18.1 Å². The van der Waals surface area contributed by atoms with Crippen LogP contribution in [0.15, 0.2) is 18.2 Å². The van der Waals surface area contributed by atoms with Crippen LogP contribution in [0.2, 0.25) is 0 Å². The molecule has 0 bridgehead atoms. The van der Waals surface area contributed by atoms with E-state index in [9.17, 15) is 0 Å². The van der Waals surface area contributed by atoms with Gasteiger partial charge in [0.1, 0.15) is 0 Å². The van der Waals surface area contributed by atoms with Gasteiger partial charge in [0.05, 0.1) is 16.7 Å². The van der Waals surface area contributed by atoms with Crippen LogP contribution in [-0.2, 0) is 16.4 Å². The second kappa shape index (κ2) is 4.83. The summed E-state index contributed by atoms with van der Waals surface area (Å²) in [5.74, 6) is 0.420. The average Bonchev–Trinajstić information content (AvgIpc) is 2.81. The van der Waals surface area contributed by atoms with E-state index in [1.807, 2.05) is 11.7 Å². The Balaban J connectivity index is 2.05. The lowest BCUT2D eigenvalue weighted by Crippen LogP contribution is -2.41. The van der Waals surface area contributed by atoms with E-state index < -0.39 is 0 Å². The largest absolute Gasteiger partial charge is 0.494 e. The highest BCUT2D eigenvalue weighted by Gasteiger charge is 2.51. The molecule has 1 fully saturated rings. The van der Waals surface area contributed by atoms with Crippen LogP contribution in [-0.4, -0.2) is 28.1 Å². The lowest BCUT2D eigenvalue weighted by molar-refractivity contribution is 0.00578. The van der Waals surface area contributed by atoms with Crippen molar-refractivity contribution < 1.29 is 9.31 Å². The summed E-state index contributed by atoms with van der Waals surface area (Å²) in [6, 6.07) is 6.28. The van der Waals surface area contributed by atoms with Crippen LogP contribution in [0.5, 0.6) is 0 Å². The fourth-order valence-corrected chi connectivity index (χ4v) is 3.05. The maximum absolute atomic E-state index is 6.16. The molecule has 22 heavy (non-hydrogen) atoms. The minimum atomic E-state index is -0.324. The SMILES string of the molecule is CC(C)c1c2cc(B3OC(C)(C)C(C)(C)O3)ccc2nn1C. The summed E-state index contributed by atoms with van der Waals surface area (Å²) in [4.78, 5) is 0. The molecule has 2 heterocycles. The fourth-order valence-electron chi connectivity index (χ4n) is 3.05. The molecule has 0 atom stereocenters. The van der Waals surface area contributed by atoms with Gasteiger partial charge >= 0.3 is 7.12 Å². The quantitative estimate of drug-likeness (QED) is 0.800. The summed E-state index contributed by atoms with van der Waals surface area (Å²) in [6.45, 7) is 12.7. The Morgan fingerprint density at radius 2 is 1.68 bits per heavy atom. The van der Waals surface area contributed by atoms with Gasteiger partial charge in [-0.15, -0.1) is 0 Å². The molecule has 4 nitrogen and oxygen atoms in total. The molecule has 0 saturated carbocycles. The zero-order valence-electron chi connectivity index (χ0n) is 14.6. The number of hydrogen-bond donors (Lipinski definition) is 0. The number of hydrogen-bond acceptors (Lipinski definition) is 3. The predicted octanol–water partition coefficient (Wildman–Crippen LogP) is 3.00. The van der Waals surface area contributed by atoms with Gasteiger partial charge in [-0.1, -0.05) is 26.0 Å². The topological polar surface area (TPSA) is 36.3 Å². The molecule has 0 amide bonds. The molecular formula is C17H25BN2O2. The van der Waals surface area contributed by atoms with Crippen LogP contribution in [0, 0.1) is 0 Å². The molecule has 1 saturated heterocycles. The summed E-state index contributed by atoms with van der Waals surface area (Å²) < 4.78 is 14.3. The van der Waals surface area contributed by atoms with Gasteiger partial charge in [-0.3, -0.25) is 4.68 Å². The van der Waals surface area contributed by atoms with E-state index >= 15 is 0 Å². The highest BCUT2D eigenvalue weighted by Crippen LogP contribution is 2.36. The molecule has 1 aromatic heterocycles. The van der Waals surface area contributed by atoms with Crippen LogP contribution < -0.4 is 5.46 Å². The van der Waals surface area contributed by atoms with E-state index in [0.717, 1.165) is 11.0 Å². The maximum Gasteiger partial charge on any atom is 0.494 e. The summed E-state index contributed by atoms with van der Waals surface area (Å²) >= 11 is 0. The van der Waals surface area contributed by atoms with Crippen LogP contribution in [0.4, 0.5) is 0 Å². The first-order valence-corrected chi connectivity index (χ1v) is 7.94. The molecule has 5 heteroatoms. The van der Waals surface area contributed by atoms with Gasteiger partial charge in [-0.05, 0) is 45.1 Å². The van der Waals surface area contributed by atoms with Crippen molar-refractivity contribution in [3.8, 4) is 0 Å². The first kappa shape index (κ1) is 15.6. The van der Waals surface area contributed by atoms with E-state index in [-0.39, 0.29) is 18.3 Å². The molecule has 0 N–H and O–H groups in total. The fraction of sp³-hybridized carbons (Fsp3) is 0.588. The predicted molar refractivity (Wildman–Crippen MR) is 90.5 cm³/mol. The average molecular weight is 300 g/mol. The second-order valence-electron chi connectivity index (χ2n) is 7.53. The lowest BCUT2D eigenvalue weighted by atomic mass is 9.78. The minimum absolute atomic E-state index is 0.317. The van der Waals surface area contributed by atoms with Gasteiger partial charge in [-0.2, -0.15) is 5.10 Å². The number of aryl methyl sites for hydroxylation is 1. The normalized spacial score (nSPS) is 20.3. The Morgan fingerprint density at radius 3 is 2.23 bits per heavy atom. The van der Waals surface area contributed by atoms with Crippen molar-refractivity contribution in [1.82, 2.24) is 9.78 Å². The molecule has 0 radical (unpaired) electrons. The molecule has 118 valence electrons. The van der Waals surface area contributed by atoms with Crippen LogP contribution in [0.3, 0.4) is 0 Å². The smallest absolute Gasteiger partial charge is 0.399 e. The summed E-state index contributed by atoms with van der Waals surface area (Å²) in [6.07, 6.45) is 0. The Bertz CT molecular complexity index is 703. The highest BCUT2D eigenvalue weighted by molar-refractivity contribution is 6.62. The Morgan fingerprint density at radius 1 is 1.09 bits per heavy atom. The Labute approximate surface area is 132 Å². The number of nitrogens with zero attached hydrogens (tertiary/aromatic N) is 2. The monoisotopic (exact) mass is 300 g/mol. The van der Waals surface area contributed by atoms with Crippen LogP contribution >= 0.6 is 0 Å². The standard InChI is InChI=1S/C17H25BN2O2/c1-11(2)15-13-10-12(8-9-14(13)19-20(15)7)18-21-16(3,4)17(5,6)22-18/h8-11H,1-7H3. The summed E-state index contributed by atoms with van der Waals surface area (Å²) in [7, 11) is 1.68. The number of aromatic nitrogens is 2. The van der Waals surface area contributed by atoms with E-state index in [1.165, 1.54) is 11.1 Å². The van der Waals surface area contributed by atoms with Crippen LogP contribution in [0.1, 0.15) is 53.2 Å². The molecule has 0 spiro atoms. The van der Waals surface area contributed by atoms with Crippen LogP contribution in [0.25, 0.3) is 10.9 Å². The third-order valence-electron chi connectivity index (χ3n) is 4.98. The van der Waals surface area contributed by atoms with Gasteiger partial charge in [-0.25, -0.2) is 0 Å². The van der Waals surface area contributed by atoms with Crippen molar-refractivity contribution in [3.63, 3.8) is 0 Å². The molecule has 1 aliphatic rings. The molecule has 0 unspecified atom stereocenters. The highest BCUT2D eigenvalue weighted by atomic mass is 16.7. The molecule has 1 aromatic carbocycles. The molecule has 0 aliphatic carbocycles. The number of rotatable bonds is 2. The molecule has 2 aromatic rings. The van der Waals surface area contributed by atoms with E-state index in [2.05, 4.69) is 64.8 Å². The van der Waals surface area contributed by atoms with Crippen molar-refractivity contribution >= 4 is 23.5 Å². The minimum Gasteiger partial charge on any atom is -0.399 e. The number of fused-ring (bicyclic) bond motifs is 1. The van der Waals surface area contributed by atoms with Gasteiger partial charge < -0.3 is 9.31 Å². The summed E-state index contributed by atoms with van der Waals surface area (Å²) in [5.41, 5.74) is 2.69. The van der Waals surface area contributed by atoms with E-state index in [0.29, 0.717) is 5.92 Å². The Kier molecular flexibility index (Phi) is 3.42.